The van der Waals surface area contributed by atoms with E-state index in [0.717, 1.165) is 112 Å². The van der Waals surface area contributed by atoms with Gasteiger partial charge in [-0.05, 0) is 167 Å². The van der Waals surface area contributed by atoms with Gasteiger partial charge in [0.1, 0.15) is 0 Å². The fourth-order valence-corrected chi connectivity index (χ4v) is 17.3. The Kier molecular flexibility index (Phi) is 15.4. The van der Waals surface area contributed by atoms with E-state index in [1.54, 1.807) is 0 Å². The van der Waals surface area contributed by atoms with Crippen LogP contribution in [0.4, 0.5) is 34.1 Å². The van der Waals surface area contributed by atoms with Crippen LogP contribution in [0.1, 0.15) is 79.0 Å². The number of nitrogens with zero attached hydrogens (tertiary/aromatic N) is 4. The van der Waals surface area contributed by atoms with E-state index in [1.165, 1.54) is 76.8 Å². The topological polar surface area (TPSA) is 16.3 Å². The molecule has 0 spiro atoms. The number of aromatic nitrogens is 2. The van der Waals surface area contributed by atoms with E-state index in [2.05, 4.69) is 421 Å². The number of para-hydroxylation sites is 4. The minimum absolute atomic E-state index is 0.104. The number of rotatable bonds is 10. The van der Waals surface area contributed by atoms with Crippen LogP contribution in [0.3, 0.4) is 0 Å². The van der Waals surface area contributed by atoms with E-state index in [-0.39, 0.29) is 23.0 Å². The van der Waals surface area contributed by atoms with Gasteiger partial charge in [0.25, 0.3) is 6.71 Å². The van der Waals surface area contributed by atoms with Crippen LogP contribution in [0.25, 0.3) is 122 Å². The zero-order valence-corrected chi connectivity index (χ0v) is 62.2. The third kappa shape index (κ3) is 10.9. The molecule has 514 valence electrons. The summed E-state index contributed by atoms with van der Waals surface area (Å²) < 4.78 is 5.05. The van der Waals surface area contributed by atoms with Gasteiger partial charge in [-0.2, -0.15) is 0 Å². The number of fused-ring (bicyclic) bond motifs is 11. The summed E-state index contributed by atoms with van der Waals surface area (Å²) in [6.45, 7) is 21.1. The van der Waals surface area contributed by atoms with Gasteiger partial charge in [0.2, 0.25) is 0 Å². The van der Waals surface area contributed by atoms with Crippen molar-refractivity contribution in [2.45, 2.75) is 78.6 Å². The standard InChI is InChI=1S/C102H83BN4/c1-100(2,3)74-57-72(58-75(62-74)101(4,5)6)71-51-54-86-91(61-71)106(98-84(69-39-22-13-23-40-69)59-73(66-33-16-10-17-34-66)60-85(98)70-41-24-14-25-42-70)93-63-76(102(7,8)9)64-94-96(93)103(86)87-55-52-78(65-92(87)107(94)97-79(67-35-18-11-19-36-67)47-32-48-80(97)68-37-20-12-21-38-68)105-88-49-30-28-45-81(88)82-53-56-90-95(99(82)105)83-46-29-31-50-89(83)104(90)77-43-26-15-27-44-77/h10-65H,1-9H3. The van der Waals surface area contributed by atoms with E-state index in [1.807, 2.05) is 0 Å². The van der Waals surface area contributed by atoms with Crippen molar-refractivity contribution in [3.8, 4) is 78.1 Å². The van der Waals surface area contributed by atoms with Crippen LogP contribution in [0.5, 0.6) is 0 Å². The molecule has 0 amide bonds. The molecule has 0 atom stereocenters. The van der Waals surface area contributed by atoms with E-state index >= 15 is 0 Å². The summed E-state index contributed by atoms with van der Waals surface area (Å²) in [6, 6.07) is 129. The average Bonchev–Trinajstić information content (AvgIpc) is 1.01. The molecule has 17 aromatic rings. The number of benzene rings is 15. The van der Waals surface area contributed by atoms with Gasteiger partial charge in [-0.1, -0.05) is 329 Å². The second-order valence-corrected chi connectivity index (χ2v) is 32.4. The summed E-state index contributed by atoms with van der Waals surface area (Å²) in [6.07, 6.45) is 0. The molecule has 0 bridgehead atoms. The second kappa shape index (κ2) is 25.1. The van der Waals surface area contributed by atoms with Gasteiger partial charge in [-0.3, -0.25) is 0 Å². The maximum atomic E-state index is 2.73. The fraction of sp³-hybridized carbons (Fsp3) is 0.118. The van der Waals surface area contributed by atoms with Crippen LogP contribution in [-0.4, -0.2) is 15.8 Å². The molecule has 19 rings (SSSR count). The van der Waals surface area contributed by atoms with Crippen molar-refractivity contribution in [3.05, 3.63) is 356 Å². The molecule has 4 nitrogen and oxygen atoms in total. The molecule has 5 heteroatoms. The lowest BCUT2D eigenvalue weighted by molar-refractivity contribution is 0.569. The van der Waals surface area contributed by atoms with Gasteiger partial charge in [0, 0.05) is 77.9 Å². The Balaban J connectivity index is 0.986. The van der Waals surface area contributed by atoms with Crippen LogP contribution in [0.15, 0.2) is 340 Å². The van der Waals surface area contributed by atoms with Gasteiger partial charge >= 0.3 is 0 Å². The molecule has 2 aliphatic heterocycles. The molecule has 0 aliphatic carbocycles. The van der Waals surface area contributed by atoms with Gasteiger partial charge < -0.3 is 18.9 Å². The first-order valence-corrected chi connectivity index (χ1v) is 37.8. The molecular formula is C102H83BN4. The smallest absolute Gasteiger partial charge is 0.252 e. The zero-order chi connectivity index (χ0) is 72.6. The highest BCUT2D eigenvalue weighted by molar-refractivity contribution is 7.00. The van der Waals surface area contributed by atoms with Gasteiger partial charge in [0.15, 0.2) is 0 Å². The first-order valence-electron chi connectivity index (χ1n) is 37.8. The second-order valence-electron chi connectivity index (χ2n) is 32.4. The Morgan fingerprint density at radius 1 is 0.243 bits per heavy atom. The molecule has 107 heavy (non-hydrogen) atoms. The van der Waals surface area contributed by atoms with Crippen molar-refractivity contribution in [1.82, 2.24) is 9.13 Å². The molecule has 4 heterocycles. The first kappa shape index (κ1) is 65.3. The van der Waals surface area contributed by atoms with E-state index in [9.17, 15) is 0 Å². The molecule has 0 radical (unpaired) electrons. The third-order valence-corrected chi connectivity index (χ3v) is 22.7. The lowest BCUT2D eigenvalue weighted by Crippen LogP contribution is -2.61. The van der Waals surface area contributed by atoms with Gasteiger partial charge in [-0.25, -0.2) is 0 Å². The van der Waals surface area contributed by atoms with E-state index in [0.29, 0.717) is 0 Å². The van der Waals surface area contributed by atoms with Crippen molar-refractivity contribution in [2.75, 3.05) is 9.80 Å². The maximum Gasteiger partial charge on any atom is 0.252 e. The average molecular weight is 1380 g/mol. The molecule has 2 aliphatic rings. The number of hydrogen-bond acceptors (Lipinski definition) is 2. The fourth-order valence-electron chi connectivity index (χ4n) is 17.3. The summed E-state index contributed by atoms with van der Waals surface area (Å²) in [5, 5.41) is 4.86. The SMILES string of the molecule is CC(C)(C)c1cc(-c2ccc3c(c2)N(c2c(-c4ccccc4)cc(-c4ccccc4)cc2-c2ccccc2)c2cc(C(C)(C)C)cc4c2B3c2ccc(-n3c5ccccc5c5ccc6c(c7ccccc7n6-c6ccccc6)c53)cc2N4c2c(-c3ccccc3)cccc2-c2ccccc2)cc(C(C)(C)C)c1. The molecule has 0 saturated carbocycles. The molecule has 0 saturated heterocycles. The van der Waals surface area contributed by atoms with Crippen LogP contribution in [0, 0.1) is 0 Å². The molecule has 0 unspecified atom stereocenters. The van der Waals surface area contributed by atoms with Crippen molar-refractivity contribution in [2.24, 2.45) is 0 Å². The van der Waals surface area contributed by atoms with Crippen LogP contribution >= 0.6 is 0 Å². The number of hydrogen-bond donors (Lipinski definition) is 0. The zero-order valence-electron chi connectivity index (χ0n) is 62.2. The van der Waals surface area contributed by atoms with Crippen LogP contribution < -0.4 is 26.2 Å². The van der Waals surface area contributed by atoms with Crippen molar-refractivity contribution in [1.29, 1.82) is 0 Å². The largest absolute Gasteiger partial charge is 0.310 e. The van der Waals surface area contributed by atoms with Crippen molar-refractivity contribution < 1.29 is 0 Å². The van der Waals surface area contributed by atoms with Gasteiger partial charge in [0.05, 0.1) is 33.4 Å². The first-order chi connectivity index (χ1) is 52.0. The van der Waals surface area contributed by atoms with E-state index < -0.39 is 0 Å². The molecule has 2 aromatic heterocycles. The predicted molar refractivity (Wildman–Crippen MR) is 458 cm³/mol. The Morgan fingerprint density at radius 2 is 0.664 bits per heavy atom. The lowest BCUT2D eigenvalue weighted by atomic mass is 9.33. The van der Waals surface area contributed by atoms with Crippen molar-refractivity contribution >= 4 is 101 Å². The quantitative estimate of drug-likeness (QED) is 0.127. The molecular weight excluding hydrogens is 1290 g/mol. The summed E-state index contributed by atoms with van der Waals surface area (Å²) in [4.78, 5) is 5.45. The number of anilines is 6. The van der Waals surface area contributed by atoms with Crippen molar-refractivity contribution in [3.63, 3.8) is 0 Å². The summed E-state index contributed by atoms with van der Waals surface area (Å²) in [7, 11) is 0. The predicted octanol–water partition coefficient (Wildman–Crippen LogP) is 25.9. The Labute approximate surface area is 628 Å². The lowest BCUT2D eigenvalue weighted by Gasteiger charge is -2.46. The third-order valence-electron chi connectivity index (χ3n) is 22.7. The monoisotopic (exact) mass is 1370 g/mol. The van der Waals surface area contributed by atoms with Crippen LogP contribution in [-0.2, 0) is 16.2 Å². The summed E-state index contributed by atoms with van der Waals surface area (Å²) in [5.74, 6) is 0. The Bertz CT molecular complexity index is 6200. The maximum absolute atomic E-state index is 2.73. The summed E-state index contributed by atoms with van der Waals surface area (Å²) >= 11 is 0. The minimum atomic E-state index is -0.338. The molecule has 0 fully saturated rings. The highest BCUT2D eigenvalue weighted by atomic mass is 15.2. The Hall–Kier alpha value is -12.4. The minimum Gasteiger partial charge on any atom is -0.310 e. The molecule has 0 N–H and O–H groups in total. The highest BCUT2D eigenvalue weighted by Crippen LogP contribution is 2.56. The normalized spacial score (nSPS) is 12.9. The van der Waals surface area contributed by atoms with Gasteiger partial charge in [-0.15, -0.1) is 0 Å². The molecule has 15 aromatic carbocycles. The Morgan fingerprint density at radius 3 is 1.19 bits per heavy atom. The highest BCUT2D eigenvalue weighted by Gasteiger charge is 2.46. The summed E-state index contributed by atoms with van der Waals surface area (Å²) in [5.41, 5.74) is 34.6. The van der Waals surface area contributed by atoms with E-state index in [4.69, 9.17) is 0 Å². The van der Waals surface area contributed by atoms with Crippen LogP contribution in [0.2, 0.25) is 0 Å².